The zero-order valence-corrected chi connectivity index (χ0v) is 11.7. The lowest BCUT2D eigenvalue weighted by Gasteiger charge is -2.07. The summed E-state index contributed by atoms with van der Waals surface area (Å²) in [5.41, 5.74) is 1.34. The first-order chi connectivity index (χ1) is 8.22. The molecule has 0 saturated carbocycles. The van der Waals surface area contributed by atoms with Gasteiger partial charge in [0.1, 0.15) is 0 Å². The number of rotatable bonds is 6. The molecule has 1 nitrogen and oxygen atoms in total. The van der Waals surface area contributed by atoms with Gasteiger partial charge in [-0.1, -0.05) is 31.9 Å². The average Bonchev–Trinajstić information content (AvgIpc) is 2.31. The van der Waals surface area contributed by atoms with Crippen molar-refractivity contribution in [1.82, 2.24) is 5.32 Å². The van der Waals surface area contributed by atoms with Crippen LogP contribution in [0, 0.1) is 17.8 Å². The molecular formula is C15H21NS. The van der Waals surface area contributed by atoms with Gasteiger partial charge in [-0.3, -0.25) is 0 Å². The summed E-state index contributed by atoms with van der Waals surface area (Å²) >= 11 is 1.79. The first-order valence-electron chi connectivity index (χ1n) is 6.04. The molecule has 0 atom stereocenters. The van der Waals surface area contributed by atoms with E-state index < -0.39 is 0 Å². The standard InChI is InChI=1S/C15H21NS/c1-4-5-10-17-15-8-6-14(7-9-15)12-16-11-13(2)3/h6-9,13,16H,10-12H2,1-3H3. The van der Waals surface area contributed by atoms with E-state index in [0.717, 1.165) is 18.8 Å². The van der Waals surface area contributed by atoms with Crippen molar-refractivity contribution in [2.45, 2.75) is 32.2 Å². The highest BCUT2D eigenvalue weighted by molar-refractivity contribution is 7.99. The SMILES string of the molecule is CC#CCSc1ccc(CNCC(C)C)cc1. The molecule has 1 N–H and O–H groups in total. The number of hydrogen-bond donors (Lipinski definition) is 1. The molecule has 1 aromatic rings. The molecule has 0 amide bonds. The van der Waals surface area contributed by atoms with E-state index in [-0.39, 0.29) is 0 Å². The van der Waals surface area contributed by atoms with Crippen LogP contribution in [0.5, 0.6) is 0 Å². The monoisotopic (exact) mass is 247 g/mol. The second kappa shape index (κ2) is 8.22. The van der Waals surface area contributed by atoms with Gasteiger partial charge < -0.3 is 5.32 Å². The van der Waals surface area contributed by atoms with Crippen LogP contribution in [-0.2, 0) is 6.54 Å². The van der Waals surface area contributed by atoms with Crippen molar-refractivity contribution in [2.24, 2.45) is 5.92 Å². The highest BCUT2D eigenvalue weighted by Gasteiger charge is 1.96. The van der Waals surface area contributed by atoms with E-state index in [9.17, 15) is 0 Å². The van der Waals surface area contributed by atoms with Crippen molar-refractivity contribution >= 4 is 11.8 Å². The van der Waals surface area contributed by atoms with Gasteiger partial charge in [0.15, 0.2) is 0 Å². The summed E-state index contributed by atoms with van der Waals surface area (Å²) in [7, 11) is 0. The van der Waals surface area contributed by atoms with Crippen LogP contribution in [0.15, 0.2) is 29.2 Å². The molecule has 0 radical (unpaired) electrons. The van der Waals surface area contributed by atoms with Crippen molar-refractivity contribution in [3.05, 3.63) is 29.8 Å². The Labute approximate surface area is 109 Å². The van der Waals surface area contributed by atoms with Gasteiger partial charge in [-0.2, -0.15) is 0 Å². The van der Waals surface area contributed by atoms with Gasteiger partial charge in [0.25, 0.3) is 0 Å². The average molecular weight is 247 g/mol. The van der Waals surface area contributed by atoms with Crippen LogP contribution in [0.2, 0.25) is 0 Å². The summed E-state index contributed by atoms with van der Waals surface area (Å²) in [4.78, 5) is 1.29. The van der Waals surface area contributed by atoms with Crippen LogP contribution in [-0.4, -0.2) is 12.3 Å². The minimum Gasteiger partial charge on any atom is -0.312 e. The molecular weight excluding hydrogens is 226 g/mol. The molecule has 92 valence electrons. The Hall–Kier alpha value is -0.910. The fraction of sp³-hybridized carbons (Fsp3) is 0.467. The van der Waals surface area contributed by atoms with E-state index in [0.29, 0.717) is 5.92 Å². The topological polar surface area (TPSA) is 12.0 Å². The van der Waals surface area contributed by atoms with Crippen LogP contribution >= 0.6 is 11.8 Å². The molecule has 1 rings (SSSR count). The molecule has 0 unspecified atom stereocenters. The summed E-state index contributed by atoms with van der Waals surface area (Å²) in [5, 5.41) is 3.44. The highest BCUT2D eigenvalue weighted by Crippen LogP contribution is 2.17. The van der Waals surface area contributed by atoms with Crippen molar-refractivity contribution < 1.29 is 0 Å². The molecule has 1 aromatic carbocycles. The molecule has 0 bridgehead atoms. The second-order valence-electron chi connectivity index (χ2n) is 4.38. The van der Waals surface area contributed by atoms with Crippen molar-refractivity contribution in [3.8, 4) is 11.8 Å². The molecule has 0 saturated heterocycles. The first kappa shape index (κ1) is 14.2. The predicted molar refractivity (Wildman–Crippen MR) is 77.2 cm³/mol. The Bertz CT molecular complexity index is 370. The smallest absolute Gasteiger partial charge is 0.0594 e. The second-order valence-corrected chi connectivity index (χ2v) is 5.43. The third-order valence-electron chi connectivity index (χ3n) is 2.29. The van der Waals surface area contributed by atoms with Gasteiger partial charge >= 0.3 is 0 Å². The molecule has 0 aliphatic heterocycles. The van der Waals surface area contributed by atoms with Gasteiger partial charge in [-0.05, 0) is 37.1 Å². The predicted octanol–water partition coefficient (Wildman–Crippen LogP) is 3.55. The Morgan fingerprint density at radius 2 is 1.94 bits per heavy atom. The maximum Gasteiger partial charge on any atom is 0.0594 e. The number of benzene rings is 1. The largest absolute Gasteiger partial charge is 0.312 e. The molecule has 2 heteroatoms. The van der Waals surface area contributed by atoms with Crippen LogP contribution in [0.25, 0.3) is 0 Å². The van der Waals surface area contributed by atoms with Crippen molar-refractivity contribution in [2.75, 3.05) is 12.3 Å². The lowest BCUT2D eigenvalue weighted by Crippen LogP contribution is -2.18. The summed E-state index contributed by atoms with van der Waals surface area (Å²) < 4.78 is 0. The Morgan fingerprint density at radius 3 is 2.53 bits per heavy atom. The quantitative estimate of drug-likeness (QED) is 0.609. The van der Waals surface area contributed by atoms with E-state index in [4.69, 9.17) is 0 Å². The van der Waals surface area contributed by atoms with E-state index in [1.807, 2.05) is 6.92 Å². The van der Waals surface area contributed by atoms with E-state index >= 15 is 0 Å². The number of thioether (sulfide) groups is 1. The van der Waals surface area contributed by atoms with Crippen LogP contribution in [0.3, 0.4) is 0 Å². The molecule has 0 fully saturated rings. The van der Waals surface area contributed by atoms with Gasteiger partial charge in [0.05, 0.1) is 5.75 Å². The first-order valence-corrected chi connectivity index (χ1v) is 7.03. The van der Waals surface area contributed by atoms with Gasteiger partial charge in [0.2, 0.25) is 0 Å². The zero-order valence-electron chi connectivity index (χ0n) is 10.9. The fourth-order valence-corrected chi connectivity index (χ4v) is 2.11. The molecule has 0 spiro atoms. The zero-order chi connectivity index (χ0) is 12.5. The lowest BCUT2D eigenvalue weighted by molar-refractivity contribution is 0.552. The molecule has 0 aromatic heterocycles. The summed E-state index contributed by atoms with van der Waals surface area (Å²) in [6.45, 7) is 8.35. The van der Waals surface area contributed by atoms with Crippen LogP contribution < -0.4 is 5.32 Å². The molecule has 0 aliphatic carbocycles. The maximum absolute atomic E-state index is 3.44. The summed E-state index contributed by atoms with van der Waals surface area (Å²) in [5.74, 6) is 7.55. The van der Waals surface area contributed by atoms with Crippen LogP contribution in [0.4, 0.5) is 0 Å². The minimum absolute atomic E-state index is 0.706. The third kappa shape index (κ3) is 6.41. The fourth-order valence-electron chi connectivity index (χ4n) is 1.40. The lowest BCUT2D eigenvalue weighted by atomic mass is 10.2. The third-order valence-corrected chi connectivity index (χ3v) is 3.19. The summed E-state index contributed by atoms with van der Waals surface area (Å²) in [6, 6.07) is 8.73. The Kier molecular flexibility index (Phi) is 6.84. The number of nitrogens with one attached hydrogen (secondary N) is 1. The van der Waals surface area contributed by atoms with Gasteiger partial charge in [-0.15, -0.1) is 17.7 Å². The van der Waals surface area contributed by atoms with Crippen molar-refractivity contribution in [1.29, 1.82) is 0 Å². The highest BCUT2D eigenvalue weighted by atomic mass is 32.2. The van der Waals surface area contributed by atoms with E-state index in [1.165, 1.54) is 10.5 Å². The Balaban J connectivity index is 2.35. The Morgan fingerprint density at radius 1 is 1.24 bits per heavy atom. The number of hydrogen-bond acceptors (Lipinski definition) is 2. The van der Waals surface area contributed by atoms with E-state index in [2.05, 4.69) is 55.3 Å². The minimum atomic E-state index is 0.706. The normalized spacial score (nSPS) is 10.1. The maximum atomic E-state index is 3.44. The summed E-state index contributed by atoms with van der Waals surface area (Å²) in [6.07, 6.45) is 0. The molecule has 0 aliphatic rings. The van der Waals surface area contributed by atoms with Gasteiger partial charge in [0, 0.05) is 11.4 Å². The van der Waals surface area contributed by atoms with Gasteiger partial charge in [-0.25, -0.2) is 0 Å². The van der Waals surface area contributed by atoms with Crippen LogP contribution in [0.1, 0.15) is 26.3 Å². The molecule has 17 heavy (non-hydrogen) atoms. The van der Waals surface area contributed by atoms with E-state index in [1.54, 1.807) is 11.8 Å². The van der Waals surface area contributed by atoms with Crippen molar-refractivity contribution in [3.63, 3.8) is 0 Å². The molecule has 0 heterocycles.